The molecule has 1 aliphatic rings. The molecule has 1 aromatic carbocycles. The maximum atomic E-state index is 12.4. The third-order valence-electron chi connectivity index (χ3n) is 3.31. The molecule has 1 aliphatic heterocycles. The van der Waals surface area contributed by atoms with E-state index in [0.29, 0.717) is 31.7 Å². The molecule has 0 aliphatic carbocycles. The number of carbonyl (C=O) groups excluding carboxylic acids is 2. The molecular weight excluding hydrogens is 301 g/mol. The Bertz CT molecular complexity index is 523. The van der Waals surface area contributed by atoms with Crippen molar-refractivity contribution >= 4 is 12.5 Å². The molecule has 1 saturated heterocycles. The van der Waals surface area contributed by atoms with E-state index in [-0.39, 0.29) is 6.61 Å². The molecule has 0 spiro atoms. The van der Waals surface area contributed by atoms with Crippen molar-refractivity contribution in [3.05, 3.63) is 35.4 Å². The quantitative estimate of drug-likeness (QED) is 0.857. The Labute approximate surface area is 125 Å². The summed E-state index contributed by atoms with van der Waals surface area (Å²) in [4.78, 5) is 25.1. The van der Waals surface area contributed by atoms with Gasteiger partial charge in [0.05, 0.1) is 5.56 Å². The SMILES string of the molecule is O=[C]N1CCN(C(=O)OCc2ccc(C(F)(F)F)cc2)CC1. The first-order valence-electron chi connectivity index (χ1n) is 6.61. The van der Waals surface area contributed by atoms with E-state index in [4.69, 9.17) is 4.74 Å². The highest BCUT2D eigenvalue weighted by Gasteiger charge is 2.30. The number of benzene rings is 1. The average Bonchev–Trinajstić information content (AvgIpc) is 2.52. The maximum absolute atomic E-state index is 12.4. The number of hydrogen-bond acceptors (Lipinski definition) is 3. The molecule has 0 bridgehead atoms. The van der Waals surface area contributed by atoms with Gasteiger partial charge >= 0.3 is 18.7 Å². The number of hydrogen-bond donors (Lipinski definition) is 0. The van der Waals surface area contributed by atoms with Crippen LogP contribution in [0.2, 0.25) is 0 Å². The molecule has 2 rings (SSSR count). The lowest BCUT2D eigenvalue weighted by Gasteiger charge is -2.31. The molecular formula is C14H14F3N2O3. The minimum absolute atomic E-state index is 0.100. The van der Waals surface area contributed by atoms with Gasteiger partial charge in [0.1, 0.15) is 6.61 Å². The molecule has 22 heavy (non-hydrogen) atoms. The molecule has 0 unspecified atom stereocenters. The lowest BCUT2D eigenvalue weighted by Crippen LogP contribution is -2.48. The molecule has 0 atom stereocenters. The largest absolute Gasteiger partial charge is 0.445 e. The fourth-order valence-corrected chi connectivity index (χ4v) is 2.01. The van der Waals surface area contributed by atoms with Gasteiger partial charge in [0.25, 0.3) is 0 Å². The van der Waals surface area contributed by atoms with Gasteiger partial charge in [-0.3, -0.25) is 4.79 Å². The van der Waals surface area contributed by atoms with Crippen molar-refractivity contribution in [2.75, 3.05) is 26.2 Å². The number of amides is 2. The van der Waals surface area contributed by atoms with Crippen molar-refractivity contribution in [2.45, 2.75) is 12.8 Å². The van der Waals surface area contributed by atoms with Crippen LogP contribution in [-0.4, -0.2) is 48.5 Å². The van der Waals surface area contributed by atoms with Crippen molar-refractivity contribution in [1.29, 1.82) is 0 Å². The smallest absolute Gasteiger partial charge is 0.416 e. The summed E-state index contributed by atoms with van der Waals surface area (Å²) in [5.74, 6) is 0. The van der Waals surface area contributed by atoms with Crippen LogP contribution in [0.15, 0.2) is 24.3 Å². The topological polar surface area (TPSA) is 49.9 Å². The molecule has 5 nitrogen and oxygen atoms in total. The number of carbonyl (C=O) groups is 1. The first-order valence-corrected chi connectivity index (χ1v) is 6.61. The third kappa shape index (κ3) is 4.12. The second kappa shape index (κ2) is 6.67. The summed E-state index contributed by atoms with van der Waals surface area (Å²) in [6.07, 6.45) is -3.18. The Hall–Kier alpha value is -2.25. The minimum Gasteiger partial charge on any atom is -0.445 e. The van der Waals surface area contributed by atoms with Crippen molar-refractivity contribution in [3.8, 4) is 0 Å². The lowest BCUT2D eigenvalue weighted by atomic mass is 10.1. The van der Waals surface area contributed by atoms with Gasteiger partial charge < -0.3 is 14.5 Å². The molecule has 119 valence electrons. The normalized spacial score (nSPS) is 15.6. The summed E-state index contributed by atoms with van der Waals surface area (Å²) in [5, 5.41) is 0. The van der Waals surface area contributed by atoms with Crippen LogP contribution in [0.25, 0.3) is 0 Å². The van der Waals surface area contributed by atoms with Gasteiger partial charge in [-0.25, -0.2) is 4.79 Å². The Kier molecular flexibility index (Phi) is 4.89. The summed E-state index contributed by atoms with van der Waals surface area (Å²) in [5.41, 5.74) is -0.273. The lowest BCUT2D eigenvalue weighted by molar-refractivity contribution is -0.137. The Morgan fingerprint density at radius 2 is 1.73 bits per heavy atom. The van der Waals surface area contributed by atoms with Gasteiger partial charge in [0.15, 0.2) is 0 Å². The summed E-state index contributed by atoms with van der Waals surface area (Å²) in [6.45, 7) is 1.37. The molecule has 0 saturated carbocycles. The molecule has 1 aromatic rings. The highest BCUT2D eigenvalue weighted by molar-refractivity contribution is 5.68. The van der Waals surface area contributed by atoms with E-state index in [9.17, 15) is 22.8 Å². The van der Waals surface area contributed by atoms with Gasteiger partial charge in [-0.05, 0) is 17.7 Å². The van der Waals surface area contributed by atoms with E-state index >= 15 is 0 Å². The highest BCUT2D eigenvalue weighted by Crippen LogP contribution is 2.29. The van der Waals surface area contributed by atoms with E-state index in [1.807, 2.05) is 0 Å². The van der Waals surface area contributed by atoms with Gasteiger partial charge in [-0.1, -0.05) is 12.1 Å². The number of piperazine rings is 1. The van der Waals surface area contributed by atoms with E-state index in [0.717, 1.165) is 12.1 Å². The maximum Gasteiger partial charge on any atom is 0.416 e. The van der Waals surface area contributed by atoms with E-state index in [1.165, 1.54) is 21.9 Å². The number of nitrogens with zero attached hydrogens (tertiary/aromatic N) is 2. The second-order valence-electron chi connectivity index (χ2n) is 4.81. The highest BCUT2D eigenvalue weighted by atomic mass is 19.4. The van der Waals surface area contributed by atoms with Crippen LogP contribution in [0.4, 0.5) is 18.0 Å². The zero-order chi connectivity index (χ0) is 16.2. The van der Waals surface area contributed by atoms with Crippen LogP contribution in [0, 0.1) is 0 Å². The van der Waals surface area contributed by atoms with Gasteiger partial charge in [-0.15, -0.1) is 0 Å². The van der Waals surface area contributed by atoms with Crippen molar-refractivity contribution in [3.63, 3.8) is 0 Å². The fraction of sp³-hybridized carbons (Fsp3) is 0.429. The number of ether oxygens (including phenoxy) is 1. The number of halogens is 3. The molecule has 0 N–H and O–H groups in total. The standard InChI is InChI=1S/C14H14F3N2O3/c15-14(16,17)12-3-1-11(2-4-12)9-22-13(21)19-7-5-18(10-20)6-8-19/h1-4H,5-9H2. The molecule has 0 aromatic heterocycles. The van der Waals surface area contributed by atoms with Crippen LogP contribution in [0.5, 0.6) is 0 Å². The van der Waals surface area contributed by atoms with Crippen molar-refractivity contribution in [2.24, 2.45) is 0 Å². The van der Waals surface area contributed by atoms with Crippen LogP contribution in [-0.2, 0) is 22.3 Å². The predicted molar refractivity (Wildman–Crippen MR) is 70.5 cm³/mol. The van der Waals surface area contributed by atoms with Crippen LogP contribution in [0.1, 0.15) is 11.1 Å². The minimum atomic E-state index is -4.38. The Morgan fingerprint density at radius 1 is 1.14 bits per heavy atom. The second-order valence-corrected chi connectivity index (χ2v) is 4.81. The first kappa shape index (κ1) is 16.1. The fourth-order valence-electron chi connectivity index (χ4n) is 2.01. The molecule has 1 heterocycles. The van der Waals surface area contributed by atoms with E-state index in [1.54, 1.807) is 6.41 Å². The Morgan fingerprint density at radius 3 is 2.23 bits per heavy atom. The molecule has 8 heteroatoms. The zero-order valence-electron chi connectivity index (χ0n) is 11.6. The molecule has 1 radical (unpaired) electrons. The average molecular weight is 315 g/mol. The van der Waals surface area contributed by atoms with Crippen LogP contribution >= 0.6 is 0 Å². The van der Waals surface area contributed by atoms with Gasteiger partial charge in [0, 0.05) is 26.2 Å². The Balaban J connectivity index is 1.83. The van der Waals surface area contributed by atoms with Crippen molar-refractivity contribution < 1.29 is 27.5 Å². The molecule has 2 amide bonds. The summed E-state index contributed by atoms with van der Waals surface area (Å²) >= 11 is 0. The van der Waals surface area contributed by atoms with Gasteiger partial charge in [-0.2, -0.15) is 13.2 Å². The number of alkyl halides is 3. The zero-order valence-corrected chi connectivity index (χ0v) is 11.6. The van der Waals surface area contributed by atoms with Crippen molar-refractivity contribution in [1.82, 2.24) is 9.80 Å². The molecule has 1 fully saturated rings. The van der Waals surface area contributed by atoms with Gasteiger partial charge in [0.2, 0.25) is 0 Å². The summed E-state index contributed by atoms with van der Waals surface area (Å²) < 4.78 is 42.3. The number of rotatable bonds is 3. The van der Waals surface area contributed by atoms with E-state index in [2.05, 4.69) is 0 Å². The van der Waals surface area contributed by atoms with Crippen LogP contribution in [0.3, 0.4) is 0 Å². The predicted octanol–water partition coefficient (Wildman–Crippen LogP) is 2.03. The summed E-state index contributed by atoms with van der Waals surface area (Å²) in [7, 11) is 0. The van der Waals surface area contributed by atoms with Crippen LogP contribution < -0.4 is 0 Å². The van der Waals surface area contributed by atoms with E-state index < -0.39 is 17.8 Å². The summed E-state index contributed by atoms with van der Waals surface area (Å²) in [6, 6.07) is 4.44. The first-order chi connectivity index (χ1) is 10.4. The third-order valence-corrected chi connectivity index (χ3v) is 3.31. The monoisotopic (exact) mass is 315 g/mol.